The minimum atomic E-state index is -1.00. The van der Waals surface area contributed by atoms with E-state index in [1.807, 2.05) is 0 Å². The van der Waals surface area contributed by atoms with Crippen molar-refractivity contribution < 1.29 is 9.90 Å². The number of nitrogens with zero attached hydrogens (tertiary/aromatic N) is 1. The smallest absolute Gasteiger partial charge is 0.320 e. The Morgan fingerprint density at radius 2 is 2.08 bits per heavy atom. The van der Waals surface area contributed by atoms with Crippen molar-refractivity contribution in [1.82, 2.24) is 0 Å². The molecule has 6 nitrogen and oxygen atoms in total. The third kappa shape index (κ3) is 5.48. The first-order valence-electron chi connectivity index (χ1n) is 3.58. The lowest BCUT2D eigenvalue weighted by molar-refractivity contribution is -0.138. The van der Waals surface area contributed by atoms with Crippen LogP contribution in [-0.2, 0) is 4.79 Å². The summed E-state index contributed by atoms with van der Waals surface area (Å²) >= 11 is 0. The summed E-state index contributed by atoms with van der Waals surface area (Å²) in [6, 6.07) is -0.820. The lowest BCUT2D eigenvalue weighted by atomic mass is 10.4. The number of rotatable bonds is 5. The molecule has 0 saturated heterocycles. The summed E-state index contributed by atoms with van der Waals surface area (Å²) in [6.07, 6.45) is 0.956. The van der Waals surface area contributed by atoms with Gasteiger partial charge in [-0.3, -0.25) is 9.79 Å². The van der Waals surface area contributed by atoms with Gasteiger partial charge in [0.1, 0.15) is 6.04 Å². The molecule has 0 bridgehead atoms. The van der Waals surface area contributed by atoms with E-state index in [1.54, 1.807) is 0 Å². The number of aliphatic carboxylic acids is 1. The van der Waals surface area contributed by atoms with Gasteiger partial charge < -0.3 is 22.3 Å². The fourth-order valence-electron chi connectivity index (χ4n) is 0.643. The highest BCUT2D eigenvalue weighted by Crippen LogP contribution is 1.94. The van der Waals surface area contributed by atoms with Crippen LogP contribution in [0.25, 0.3) is 0 Å². The number of hydrogen-bond donors (Lipinski definition) is 4. The summed E-state index contributed by atoms with van der Waals surface area (Å²) in [5, 5.41) is 8.38. The van der Waals surface area contributed by atoms with Gasteiger partial charge in [0.25, 0.3) is 0 Å². The zero-order valence-corrected chi connectivity index (χ0v) is 6.73. The molecule has 0 aliphatic rings. The summed E-state index contributed by atoms with van der Waals surface area (Å²) < 4.78 is 0. The van der Waals surface area contributed by atoms with Gasteiger partial charge in [-0.05, 0) is 12.8 Å². The van der Waals surface area contributed by atoms with Crippen LogP contribution >= 0.6 is 0 Å². The molecule has 0 aromatic rings. The maximum Gasteiger partial charge on any atom is 0.320 e. The van der Waals surface area contributed by atoms with Crippen LogP contribution in [0.3, 0.4) is 0 Å². The van der Waals surface area contributed by atoms with Crippen molar-refractivity contribution in [2.75, 3.05) is 6.54 Å². The molecular weight excluding hydrogens is 162 g/mol. The third-order valence-corrected chi connectivity index (χ3v) is 1.28. The minimum Gasteiger partial charge on any atom is -0.480 e. The molecule has 0 unspecified atom stereocenters. The number of aliphatic imine (C=N–C) groups is 1. The first kappa shape index (κ1) is 10.7. The van der Waals surface area contributed by atoms with E-state index < -0.39 is 12.0 Å². The largest absolute Gasteiger partial charge is 0.480 e. The summed E-state index contributed by atoms with van der Waals surface area (Å²) in [6.45, 7) is 0.420. The van der Waals surface area contributed by atoms with Gasteiger partial charge in [-0.2, -0.15) is 0 Å². The van der Waals surface area contributed by atoms with Gasteiger partial charge >= 0.3 is 5.97 Å². The van der Waals surface area contributed by atoms with Crippen LogP contribution in [0.15, 0.2) is 4.99 Å². The molecule has 0 rings (SSSR count). The number of carboxylic acid groups (broad SMARTS) is 1. The molecule has 0 aliphatic heterocycles. The van der Waals surface area contributed by atoms with Gasteiger partial charge in [0.2, 0.25) is 0 Å². The van der Waals surface area contributed by atoms with Crippen molar-refractivity contribution in [1.29, 1.82) is 0 Å². The summed E-state index contributed by atoms with van der Waals surface area (Å²) in [4.78, 5) is 13.9. The minimum absolute atomic E-state index is 0.0129. The molecule has 0 radical (unpaired) electrons. The van der Waals surface area contributed by atoms with E-state index in [0.29, 0.717) is 19.4 Å². The van der Waals surface area contributed by atoms with Crippen molar-refractivity contribution in [3.05, 3.63) is 0 Å². The van der Waals surface area contributed by atoms with Crippen LogP contribution in [0.2, 0.25) is 0 Å². The molecule has 70 valence electrons. The summed E-state index contributed by atoms with van der Waals surface area (Å²) in [5.41, 5.74) is 15.3. The molecule has 0 amide bonds. The van der Waals surface area contributed by atoms with E-state index in [0.717, 1.165) is 0 Å². The van der Waals surface area contributed by atoms with Crippen molar-refractivity contribution in [3.8, 4) is 0 Å². The maximum atomic E-state index is 10.2. The average molecular weight is 176 g/mol. The first-order valence-corrected chi connectivity index (χ1v) is 3.58. The monoisotopic (exact) mass is 176 g/mol. The van der Waals surface area contributed by atoms with E-state index in [4.69, 9.17) is 22.3 Å². The number of guanidine groups is 1. The van der Waals surface area contributed by atoms with E-state index >= 15 is 0 Å². The highest BCUT2D eigenvalue weighted by atomic mass is 16.4. The molecule has 0 spiro atoms. The topological polar surface area (TPSA) is 128 Å². The lowest BCUT2D eigenvalue weighted by Gasteiger charge is -2.03. The molecule has 12 heavy (non-hydrogen) atoms. The SMILES string of the molecule is NC(N)=NCCC[14C@H](N)C(=O)O. The molecule has 0 saturated carbocycles. The van der Waals surface area contributed by atoms with Crippen LogP contribution in [0, 0.1) is 0 Å². The van der Waals surface area contributed by atoms with Gasteiger partial charge in [0.05, 0.1) is 0 Å². The fourth-order valence-corrected chi connectivity index (χ4v) is 0.643. The van der Waals surface area contributed by atoms with Crippen LogP contribution < -0.4 is 17.2 Å². The van der Waals surface area contributed by atoms with Gasteiger partial charge in [0.15, 0.2) is 5.96 Å². The quantitative estimate of drug-likeness (QED) is 0.229. The number of carboxylic acids is 1. The molecule has 1 atom stereocenters. The molecule has 0 aliphatic carbocycles. The Morgan fingerprint density at radius 3 is 2.50 bits per heavy atom. The predicted molar refractivity (Wildman–Crippen MR) is 45.5 cm³/mol. The molecule has 7 N–H and O–H groups in total. The Labute approximate surface area is 70.4 Å². The second-order valence-electron chi connectivity index (χ2n) is 2.39. The van der Waals surface area contributed by atoms with Crippen molar-refractivity contribution in [2.24, 2.45) is 22.2 Å². The van der Waals surface area contributed by atoms with Crippen molar-refractivity contribution in [3.63, 3.8) is 0 Å². The second kappa shape index (κ2) is 5.36. The molecule has 0 aromatic carbocycles. The van der Waals surface area contributed by atoms with Crippen LogP contribution in [0.1, 0.15) is 12.8 Å². The predicted octanol–water partition coefficient (Wildman–Crippen LogP) is -1.55. The molecular formula is C6H14N4O2. The van der Waals surface area contributed by atoms with E-state index in [9.17, 15) is 4.79 Å². The Morgan fingerprint density at radius 1 is 1.50 bits per heavy atom. The maximum absolute atomic E-state index is 10.2. The highest BCUT2D eigenvalue weighted by Gasteiger charge is 2.09. The van der Waals surface area contributed by atoms with Gasteiger partial charge in [-0.15, -0.1) is 0 Å². The second-order valence-corrected chi connectivity index (χ2v) is 2.39. The number of hydrogen-bond acceptors (Lipinski definition) is 3. The number of nitrogens with two attached hydrogens (primary N) is 3. The summed E-state index contributed by atoms with van der Waals surface area (Å²) in [7, 11) is 0. The van der Waals surface area contributed by atoms with E-state index in [2.05, 4.69) is 4.99 Å². The van der Waals surface area contributed by atoms with Crippen LogP contribution in [-0.4, -0.2) is 29.6 Å². The molecule has 0 aromatic heterocycles. The lowest BCUT2D eigenvalue weighted by Crippen LogP contribution is -2.30. The van der Waals surface area contributed by atoms with Gasteiger partial charge in [-0.1, -0.05) is 0 Å². The van der Waals surface area contributed by atoms with E-state index in [1.165, 1.54) is 0 Å². The Balaban J connectivity index is 3.44. The Hall–Kier alpha value is -1.30. The molecule has 0 fully saturated rings. The van der Waals surface area contributed by atoms with E-state index in [-0.39, 0.29) is 5.96 Å². The fraction of sp³-hybridized carbons (Fsp3) is 0.667. The molecule has 0 heterocycles. The normalized spacial score (nSPS) is 12.1. The Kier molecular flexibility index (Phi) is 4.78. The van der Waals surface area contributed by atoms with Crippen molar-refractivity contribution in [2.45, 2.75) is 18.9 Å². The zero-order valence-electron chi connectivity index (χ0n) is 6.73. The standard InChI is InChI=1S/C6H14N4O2/c7-4(5(11)12)2-1-3-10-6(8)9/h4H,1-3,7H2,(H,11,12)(H4,8,9,10)/t4-/m0/s1/i4+2. The van der Waals surface area contributed by atoms with Crippen LogP contribution in [0.4, 0.5) is 0 Å². The number of carbonyl (C=O) groups is 1. The van der Waals surface area contributed by atoms with Gasteiger partial charge in [-0.25, -0.2) is 0 Å². The highest BCUT2D eigenvalue weighted by molar-refractivity contribution is 5.75. The molecule has 6 heteroatoms. The Bertz CT molecular complexity index is 176. The summed E-state index contributed by atoms with van der Waals surface area (Å²) in [5.74, 6) is -0.987. The zero-order chi connectivity index (χ0) is 9.56. The van der Waals surface area contributed by atoms with Crippen molar-refractivity contribution >= 4 is 11.9 Å². The first-order chi connectivity index (χ1) is 5.54. The van der Waals surface area contributed by atoms with Crippen LogP contribution in [0.5, 0.6) is 0 Å². The van der Waals surface area contributed by atoms with Gasteiger partial charge in [0, 0.05) is 6.54 Å². The average Bonchev–Trinajstić information content (AvgIpc) is 1.97. The third-order valence-electron chi connectivity index (χ3n) is 1.28.